The molecule has 1 unspecified atom stereocenters. The molecule has 17 heavy (non-hydrogen) atoms. The van der Waals surface area contributed by atoms with Crippen LogP contribution in [0.2, 0.25) is 0 Å². The first kappa shape index (κ1) is 14.0. The standard InChI is InChI=1S/C15H25NO/c1-6-13(7-2)17-15-10-11(3)8-9-14(15)12(4)16-5/h8-10,12-13,16H,6-7H2,1-5H3. The Hall–Kier alpha value is -1.02. The number of hydrogen-bond acceptors (Lipinski definition) is 2. The molecule has 1 N–H and O–H groups in total. The number of benzene rings is 1. The summed E-state index contributed by atoms with van der Waals surface area (Å²) in [5, 5.41) is 3.27. The van der Waals surface area contributed by atoms with Crippen LogP contribution in [-0.2, 0) is 0 Å². The highest BCUT2D eigenvalue weighted by atomic mass is 16.5. The summed E-state index contributed by atoms with van der Waals surface area (Å²) in [5.41, 5.74) is 2.49. The van der Waals surface area contributed by atoms with Gasteiger partial charge in [0, 0.05) is 11.6 Å². The lowest BCUT2D eigenvalue weighted by Gasteiger charge is -2.21. The van der Waals surface area contributed by atoms with Crippen molar-refractivity contribution in [3.8, 4) is 5.75 Å². The minimum absolute atomic E-state index is 0.319. The van der Waals surface area contributed by atoms with Crippen LogP contribution >= 0.6 is 0 Å². The van der Waals surface area contributed by atoms with Crippen LogP contribution in [0.4, 0.5) is 0 Å². The molecule has 1 rings (SSSR count). The first-order valence-corrected chi connectivity index (χ1v) is 6.56. The Morgan fingerprint density at radius 3 is 2.41 bits per heavy atom. The molecule has 0 radical (unpaired) electrons. The van der Waals surface area contributed by atoms with Gasteiger partial charge in [-0.1, -0.05) is 26.0 Å². The molecule has 0 aliphatic rings. The topological polar surface area (TPSA) is 21.3 Å². The van der Waals surface area contributed by atoms with Crippen molar-refractivity contribution >= 4 is 0 Å². The molecular formula is C15H25NO. The lowest BCUT2D eigenvalue weighted by atomic mass is 10.0. The Labute approximate surface area is 105 Å². The van der Waals surface area contributed by atoms with Gasteiger partial charge in [-0.2, -0.15) is 0 Å². The van der Waals surface area contributed by atoms with Gasteiger partial charge in [-0.25, -0.2) is 0 Å². The van der Waals surface area contributed by atoms with E-state index in [0.717, 1.165) is 18.6 Å². The minimum Gasteiger partial charge on any atom is -0.490 e. The van der Waals surface area contributed by atoms with Gasteiger partial charge in [0.1, 0.15) is 5.75 Å². The van der Waals surface area contributed by atoms with Crippen LogP contribution in [0, 0.1) is 6.92 Å². The van der Waals surface area contributed by atoms with Crippen molar-refractivity contribution in [2.24, 2.45) is 0 Å². The zero-order valence-electron chi connectivity index (χ0n) is 11.7. The molecule has 0 fully saturated rings. The fourth-order valence-corrected chi connectivity index (χ4v) is 1.89. The van der Waals surface area contributed by atoms with E-state index >= 15 is 0 Å². The summed E-state index contributed by atoms with van der Waals surface area (Å²) in [4.78, 5) is 0. The molecule has 1 aromatic rings. The Morgan fingerprint density at radius 1 is 1.24 bits per heavy atom. The fraction of sp³-hybridized carbons (Fsp3) is 0.600. The maximum Gasteiger partial charge on any atom is 0.124 e. The molecule has 0 aliphatic heterocycles. The predicted molar refractivity (Wildman–Crippen MR) is 73.7 cm³/mol. The van der Waals surface area contributed by atoms with Crippen LogP contribution in [0.5, 0.6) is 5.75 Å². The first-order chi connectivity index (χ1) is 8.12. The number of rotatable bonds is 6. The second-order valence-corrected chi connectivity index (χ2v) is 4.61. The largest absolute Gasteiger partial charge is 0.490 e. The molecule has 2 heteroatoms. The van der Waals surface area contributed by atoms with E-state index < -0.39 is 0 Å². The van der Waals surface area contributed by atoms with E-state index in [0.29, 0.717) is 12.1 Å². The molecule has 1 aromatic carbocycles. The van der Waals surface area contributed by atoms with Crippen LogP contribution < -0.4 is 10.1 Å². The number of nitrogens with one attached hydrogen (secondary N) is 1. The van der Waals surface area contributed by atoms with E-state index in [4.69, 9.17) is 4.74 Å². The van der Waals surface area contributed by atoms with Gasteiger partial charge >= 0.3 is 0 Å². The summed E-state index contributed by atoms with van der Waals surface area (Å²) in [7, 11) is 1.98. The number of hydrogen-bond donors (Lipinski definition) is 1. The van der Waals surface area contributed by atoms with E-state index in [1.165, 1.54) is 11.1 Å². The average molecular weight is 235 g/mol. The molecule has 0 heterocycles. The molecule has 96 valence electrons. The summed E-state index contributed by atoms with van der Waals surface area (Å²) in [6.07, 6.45) is 2.43. The molecular weight excluding hydrogens is 210 g/mol. The van der Waals surface area contributed by atoms with Crippen molar-refractivity contribution in [3.63, 3.8) is 0 Å². The van der Waals surface area contributed by atoms with Gasteiger partial charge < -0.3 is 10.1 Å². The normalized spacial score (nSPS) is 12.8. The monoisotopic (exact) mass is 235 g/mol. The summed E-state index contributed by atoms with van der Waals surface area (Å²) in [6, 6.07) is 6.76. The second-order valence-electron chi connectivity index (χ2n) is 4.61. The van der Waals surface area contributed by atoms with Gasteiger partial charge in [0.05, 0.1) is 6.10 Å². The third-order valence-corrected chi connectivity index (χ3v) is 3.27. The quantitative estimate of drug-likeness (QED) is 0.809. The average Bonchev–Trinajstić information content (AvgIpc) is 2.35. The highest BCUT2D eigenvalue weighted by Crippen LogP contribution is 2.28. The SMILES string of the molecule is CCC(CC)Oc1cc(C)ccc1C(C)NC. The smallest absolute Gasteiger partial charge is 0.124 e. The molecule has 0 saturated carbocycles. The van der Waals surface area contributed by atoms with Gasteiger partial charge in [0.15, 0.2) is 0 Å². The van der Waals surface area contributed by atoms with Crippen molar-refractivity contribution < 1.29 is 4.74 Å². The van der Waals surface area contributed by atoms with Crippen molar-refractivity contribution in [2.75, 3.05) is 7.05 Å². The van der Waals surface area contributed by atoms with E-state index in [-0.39, 0.29) is 0 Å². The van der Waals surface area contributed by atoms with Gasteiger partial charge in [0.25, 0.3) is 0 Å². The van der Waals surface area contributed by atoms with E-state index in [1.807, 2.05) is 7.05 Å². The third-order valence-electron chi connectivity index (χ3n) is 3.27. The molecule has 0 aromatic heterocycles. The second kappa shape index (κ2) is 6.65. The minimum atomic E-state index is 0.319. The number of aryl methyl sites for hydroxylation is 1. The van der Waals surface area contributed by atoms with Crippen LogP contribution in [0.25, 0.3) is 0 Å². The Bertz CT molecular complexity index is 345. The van der Waals surface area contributed by atoms with Crippen molar-refractivity contribution in [1.29, 1.82) is 0 Å². The first-order valence-electron chi connectivity index (χ1n) is 6.56. The maximum atomic E-state index is 6.11. The zero-order valence-corrected chi connectivity index (χ0v) is 11.7. The fourth-order valence-electron chi connectivity index (χ4n) is 1.89. The molecule has 1 atom stereocenters. The van der Waals surface area contributed by atoms with Crippen LogP contribution in [0.15, 0.2) is 18.2 Å². The van der Waals surface area contributed by atoms with Crippen LogP contribution in [0.1, 0.15) is 50.8 Å². The van der Waals surface area contributed by atoms with Gasteiger partial charge in [0.2, 0.25) is 0 Å². The van der Waals surface area contributed by atoms with Crippen molar-refractivity contribution in [3.05, 3.63) is 29.3 Å². The van der Waals surface area contributed by atoms with Gasteiger partial charge in [-0.15, -0.1) is 0 Å². The molecule has 0 saturated heterocycles. The summed E-state index contributed by atoms with van der Waals surface area (Å²) in [5.74, 6) is 1.03. The van der Waals surface area contributed by atoms with Crippen molar-refractivity contribution in [1.82, 2.24) is 5.32 Å². The summed E-state index contributed by atoms with van der Waals surface area (Å²) < 4.78 is 6.11. The molecule has 0 spiro atoms. The highest BCUT2D eigenvalue weighted by molar-refractivity contribution is 5.39. The van der Waals surface area contributed by atoms with Gasteiger partial charge in [-0.05, 0) is 45.4 Å². The molecule has 2 nitrogen and oxygen atoms in total. The summed E-state index contributed by atoms with van der Waals surface area (Å²) in [6.45, 7) is 8.61. The Kier molecular flexibility index (Phi) is 5.49. The Morgan fingerprint density at radius 2 is 1.88 bits per heavy atom. The van der Waals surface area contributed by atoms with Crippen LogP contribution in [-0.4, -0.2) is 13.2 Å². The van der Waals surface area contributed by atoms with Crippen molar-refractivity contribution in [2.45, 2.75) is 52.7 Å². The van der Waals surface area contributed by atoms with E-state index in [1.54, 1.807) is 0 Å². The lowest BCUT2D eigenvalue weighted by molar-refractivity contribution is 0.190. The predicted octanol–water partition coefficient (Wildman–Crippen LogP) is 3.84. The van der Waals surface area contributed by atoms with Gasteiger partial charge in [-0.3, -0.25) is 0 Å². The molecule has 0 amide bonds. The van der Waals surface area contributed by atoms with E-state index in [2.05, 4.69) is 51.2 Å². The zero-order chi connectivity index (χ0) is 12.8. The van der Waals surface area contributed by atoms with E-state index in [9.17, 15) is 0 Å². The molecule has 0 aliphatic carbocycles. The maximum absolute atomic E-state index is 6.11. The highest BCUT2D eigenvalue weighted by Gasteiger charge is 2.13. The molecule has 0 bridgehead atoms. The summed E-state index contributed by atoms with van der Waals surface area (Å²) >= 11 is 0. The number of ether oxygens (including phenoxy) is 1. The Balaban J connectivity index is 2.98. The lowest BCUT2D eigenvalue weighted by Crippen LogP contribution is -2.18. The van der Waals surface area contributed by atoms with Crippen LogP contribution in [0.3, 0.4) is 0 Å². The third kappa shape index (κ3) is 3.74.